The number of carbonyl (C=O) groups is 2. The van der Waals surface area contributed by atoms with Crippen LogP contribution >= 0.6 is 0 Å². The summed E-state index contributed by atoms with van der Waals surface area (Å²) in [7, 11) is 1.57. The first-order valence-electron chi connectivity index (χ1n) is 10.5. The van der Waals surface area contributed by atoms with Crippen LogP contribution in [0, 0.1) is 6.92 Å². The number of hydrogen-bond donors (Lipinski definition) is 1. The Bertz CT molecular complexity index is 984. The van der Waals surface area contributed by atoms with E-state index in [0.717, 1.165) is 18.7 Å². The van der Waals surface area contributed by atoms with Gasteiger partial charge < -0.3 is 19.6 Å². The molecule has 0 unspecified atom stereocenters. The molecular formula is C24H29N3O4. The maximum atomic E-state index is 13.0. The largest absolute Gasteiger partial charge is 0.507 e. The van der Waals surface area contributed by atoms with E-state index in [4.69, 9.17) is 4.74 Å². The summed E-state index contributed by atoms with van der Waals surface area (Å²) in [6.45, 7) is 8.66. The Morgan fingerprint density at radius 2 is 1.94 bits per heavy atom. The van der Waals surface area contributed by atoms with Crippen LogP contribution in [-0.4, -0.2) is 64.9 Å². The third-order valence-corrected chi connectivity index (χ3v) is 5.73. The number of ether oxygens (including phenoxy) is 1. The molecule has 164 valence electrons. The second-order valence-electron chi connectivity index (χ2n) is 7.46. The molecule has 0 bridgehead atoms. The predicted molar refractivity (Wildman–Crippen MR) is 119 cm³/mol. The predicted octanol–water partition coefficient (Wildman–Crippen LogP) is 3.16. The summed E-state index contributed by atoms with van der Waals surface area (Å²) in [4.78, 5) is 34.1. The number of methoxy groups -OCH3 is 1. The fraction of sp³-hybridized carbons (Fsp3) is 0.375. The summed E-state index contributed by atoms with van der Waals surface area (Å²) in [5, 5.41) is 11.1. The monoisotopic (exact) mass is 423 g/mol. The molecule has 2 aromatic rings. The highest BCUT2D eigenvalue weighted by Crippen LogP contribution is 2.38. The fourth-order valence-electron chi connectivity index (χ4n) is 3.93. The molecule has 1 fully saturated rings. The molecule has 0 saturated carbocycles. The van der Waals surface area contributed by atoms with Gasteiger partial charge in [-0.15, -0.1) is 0 Å². The zero-order chi connectivity index (χ0) is 22.5. The summed E-state index contributed by atoms with van der Waals surface area (Å²) in [6, 6.07) is 9.78. The van der Waals surface area contributed by atoms with Gasteiger partial charge in [0.05, 0.1) is 18.4 Å². The van der Waals surface area contributed by atoms with Crippen LogP contribution in [0.4, 0.5) is 0 Å². The van der Waals surface area contributed by atoms with Crippen molar-refractivity contribution in [3.8, 4) is 5.75 Å². The minimum atomic E-state index is -0.737. The van der Waals surface area contributed by atoms with Crippen LogP contribution in [0.3, 0.4) is 0 Å². The number of pyridine rings is 1. The SMILES string of the molecule is CCN(CC)CCN1C(=O)C(=O)/C(=C(/O)c2ccc(OC)c(C)c2)[C@@H]1c1ccccn1. The second-order valence-corrected chi connectivity index (χ2v) is 7.46. The number of nitrogens with zero attached hydrogens (tertiary/aromatic N) is 3. The Kier molecular flexibility index (Phi) is 7.07. The first-order valence-corrected chi connectivity index (χ1v) is 10.5. The molecule has 1 amide bonds. The molecule has 0 aliphatic carbocycles. The number of hydrogen-bond acceptors (Lipinski definition) is 6. The molecule has 1 N–H and O–H groups in total. The fourth-order valence-corrected chi connectivity index (χ4v) is 3.93. The van der Waals surface area contributed by atoms with Crippen molar-refractivity contribution in [2.75, 3.05) is 33.3 Å². The number of aliphatic hydroxyl groups is 1. The zero-order valence-corrected chi connectivity index (χ0v) is 18.5. The van der Waals surface area contributed by atoms with E-state index in [1.165, 1.54) is 4.90 Å². The second kappa shape index (κ2) is 9.75. The molecule has 1 aromatic heterocycles. The molecule has 1 aromatic carbocycles. The molecule has 1 aliphatic heterocycles. The number of ketones is 1. The maximum absolute atomic E-state index is 13.0. The molecule has 1 saturated heterocycles. The Morgan fingerprint density at radius 1 is 1.19 bits per heavy atom. The van der Waals surface area contributed by atoms with Crippen LogP contribution < -0.4 is 4.74 Å². The van der Waals surface area contributed by atoms with Crippen LogP contribution in [-0.2, 0) is 9.59 Å². The van der Waals surface area contributed by atoms with E-state index in [9.17, 15) is 14.7 Å². The summed E-state index contributed by atoms with van der Waals surface area (Å²) in [5.41, 5.74) is 1.89. The maximum Gasteiger partial charge on any atom is 0.295 e. The highest BCUT2D eigenvalue weighted by Gasteiger charge is 2.46. The number of likely N-dealkylation sites (N-methyl/N-ethyl adjacent to an activating group) is 1. The van der Waals surface area contributed by atoms with Gasteiger partial charge >= 0.3 is 0 Å². The molecule has 0 spiro atoms. The topological polar surface area (TPSA) is 83.0 Å². The van der Waals surface area contributed by atoms with Crippen molar-refractivity contribution in [1.82, 2.24) is 14.8 Å². The van der Waals surface area contributed by atoms with Crippen LogP contribution in [0.25, 0.3) is 5.76 Å². The van der Waals surface area contributed by atoms with Crippen molar-refractivity contribution in [3.05, 3.63) is 65.0 Å². The van der Waals surface area contributed by atoms with Gasteiger partial charge in [0.2, 0.25) is 0 Å². The van der Waals surface area contributed by atoms with Gasteiger partial charge in [0.1, 0.15) is 17.6 Å². The number of amides is 1. The lowest BCUT2D eigenvalue weighted by molar-refractivity contribution is -0.140. The molecule has 31 heavy (non-hydrogen) atoms. The number of Topliss-reactive ketones (excluding diaryl/α,β-unsaturated/α-hetero) is 1. The van der Waals surface area contributed by atoms with Crippen molar-refractivity contribution < 1.29 is 19.4 Å². The quantitative estimate of drug-likeness (QED) is 0.399. The minimum Gasteiger partial charge on any atom is -0.507 e. The third kappa shape index (κ3) is 4.46. The molecule has 7 heteroatoms. The van der Waals surface area contributed by atoms with Crippen molar-refractivity contribution in [2.24, 2.45) is 0 Å². The van der Waals surface area contributed by atoms with Crippen LogP contribution in [0.5, 0.6) is 5.75 Å². The van der Waals surface area contributed by atoms with Crippen molar-refractivity contribution in [1.29, 1.82) is 0 Å². The summed E-state index contributed by atoms with van der Waals surface area (Å²) >= 11 is 0. The van der Waals surface area contributed by atoms with E-state index in [1.54, 1.807) is 43.6 Å². The van der Waals surface area contributed by atoms with Gasteiger partial charge in [0, 0.05) is 24.8 Å². The number of aryl methyl sites for hydroxylation is 1. The van der Waals surface area contributed by atoms with Crippen LogP contribution in [0.2, 0.25) is 0 Å². The van der Waals surface area contributed by atoms with Gasteiger partial charge in [-0.1, -0.05) is 19.9 Å². The Morgan fingerprint density at radius 3 is 2.52 bits per heavy atom. The van der Waals surface area contributed by atoms with Gasteiger partial charge in [0.25, 0.3) is 11.7 Å². The molecular weight excluding hydrogens is 394 g/mol. The van der Waals surface area contributed by atoms with Crippen LogP contribution in [0.15, 0.2) is 48.2 Å². The number of benzene rings is 1. The molecule has 2 heterocycles. The van der Waals surface area contributed by atoms with Crippen molar-refractivity contribution in [3.63, 3.8) is 0 Å². The molecule has 1 aliphatic rings. The van der Waals surface area contributed by atoms with Crippen molar-refractivity contribution in [2.45, 2.75) is 26.8 Å². The number of aliphatic hydroxyl groups excluding tert-OH is 1. The summed E-state index contributed by atoms with van der Waals surface area (Å²) < 4.78 is 5.28. The van der Waals surface area contributed by atoms with Gasteiger partial charge in [-0.05, 0) is 55.9 Å². The van der Waals surface area contributed by atoms with E-state index in [1.807, 2.05) is 13.0 Å². The average Bonchev–Trinajstić information content (AvgIpc) is 3.04. The first-order chi connectivity index (χ1) is 14.9. The smallest absolute Gasteiger partial charge is 0.295 e. The lowest BCUT2D eigenvalue weighted by atomic mass is 9.97. The lowest BCUT2D eigenvalue weighted by Gasteiger charge is -2.27. The Hall–Kier alpha value is -3.19. The van der Waals surface area contributed by atoms with E-state index in [2.05, 4.69) is 23.7 Å². The number of rotatable bonds is 8. The van der Waals surface area contributed by atoms with Gasteiger partial charge in [-0.2, -0.15) is 0 Å². The van der Waals surface area contributed by atoms with Crippen molar-refractivity contribution >= 4 is 17.4 Å². The molecule has 1 atom stereocenters. The summed E-state index contributed by atoms with van der Waals surface area (Å²) in [6.07, 6.45) is 1.62. The first kappa shape index (κ1) is 22.5. The molecule has 7 nitrogen and oxygen atoms in total. The highest BCUT2D eigenvalue weighted by molar-refractivity contribution is 6.46. The Balaban J connectivity index is 2.08. The highest BCUT2D eigenvalue weighted by atomic mass is 16.5. The average molecular weight is 424 g/mol. The van der Waals surface area contributed by atoms with Gasteiger partial charge in [0.15, 0.2) is 0 Å². The molecule has 3 rings (SSSR count). The van der Waals surface area contributed by atoms with E-state index in [0.29, 0.717) is 30.1 Å². The summed E-state index contributed by atoms with van der Waals surface area (Å²) in [5.74, 6) is -0.835. The van der Waals surface area contributed by atoms with Gasteiger partial charge in [-0.3, -0.25) is 14.6 Å². The van der Waals surface area contributed by atoms with Gasteiger partial charge in [-0.25, -0.2) is 0 Å². The van der Waals surface area contributed by atoms with E-state index in [-0.39, 0.29) is 11.3 Å². The van der Waals surface area contributed by atoms with Crippen LogP contribution in [0.1, 0.15) is 36.7 Å². The Labute approximate surface area is 183 Å². The number of likely N-dealkylation sites (tertiary alicyclic amines) is 1. The molecule has 0 radical (unpaired) electrons. The number of aromatic nitrogens is 1. The third-order valence-electron chi connectivity index (χ3n) is 5.73. The standard InChI is InChI=1S/C24H29N3O4/c1-5-26(6-2)13-14-27-21(18-9-7-8-12-25-18)20(23(29)24(27)30)22(28)17-10-11-19(31-4)16(3)15-17/h7-12,15,21,28H,5-6,13-14H2,1-4H3/b22-20+/t21-/m0/s1. The van der Waals surface area contributed by atoms with E-state index >= 15 is 0 Å². The minimum absolute atomic E-state index is 0.0628. The number of carbonyl (C=O) groups excluding carboxylic acids is 2. The van der Waals surface area contributed by atoms with E-state index < -0.39 is 17.7 Å². The normalized spacial score (nSPS) is 18.1. The zero-order valence-electron chi connectivity index (χ0n) is 18.5. The lowest BCUT2D eigenvalue weighted by Crippen LogP contribution is -2.38.